The second kappa shape index (κ2) is 11.0. The summed E-state index contributed by atoms with van der Waals surface area (Å²) in [5.41, 5.74) is 3.43. The van der Waals surface area contributed by atoms with Crippen LogP contribution in [0.1, 0.15) is 41.3 Å². The summed E-state index contributed by atoms with van der Waals surface area (Å²) in [6, 6.07) is 15.5. The highest BCUT2D eigenvalue weighted by Crippen LogP contribution is 2.22. The molecular formula is C27H32N4O3S. The predicted octanol–water partition coefficient (Wildman–Crippen LogP) is 4.31. The molecule has 0 aliphatic carbocycles. The first-order valence-electron chi connectivity index (χ1n) is 12.0. The Labute approximate surface area is 211 Å². The number of rotatable bonds is 7. The summed E-state index contributed by atoms with van der Waals surface area (Å²) in [6.45, 7) is 7.26. The van der Waals surface area contributed by atoms with Gasteiger partial charge in [-0.15, -0.1) is 0 Å². The maximum absolute atomic E-state index is 13.0. The third kappa shape index (κ3) is 5.71. The average molecular weight is 493 g/mol. The van der Waals surface area contributed by atoms with E-state index in [0.717, 1.165) is 42.4 Å². The first kappa shape index (κ1) is 24.9. The number of fused-ring (bicyclic) bond motifs is 1. The molecule has 1 fully saturated rings. The van der Waals surface area contributed by atoms with Gasteiger partial charge >= 0.3 is 5.97 Å². The van der Waals surface area contributed by atoms with E-state index in [1.165, 1.54) is 7.11 Å². The molecule has 1 aliphatic rings. The van der Waals surface area contributed by atoms with Crippen LogP contribution in [0.4, 0.5) is 5.69 Å². The third-order valence-corrected chi connectivity index (χ3v) is 7.00. The van der Waals surface area contributed by atoms with E-state index in [9.17, 15) is 9.59 Å². The van der Waals surface area contributed by atoms with Crippen LogP contribution in [0.3, 0.4) is 0 Å². The summed E-state index contributed by atoms with van der Waals surface area (Å²) >= 11 is 5.84. The van der Waals surface area contributed by atoms with Crippen LogP contribution >= 0.6 is 12.2 Å². The van der Waals surface area contributed by atoms with Gasteiger partial charge in [-0.3, -0.25) is 9.69 Å². The van der Waals surface area contributed by atoms with Crippen LogP contribution < -0.4 is 10.9 Å². The minimum atomic E-state index is -0.434. The Morgan fingerprint density at radius 1 is 1.26 bits per heavy atom. The molecule has 3 aromatic rings. The molecule has 8 heteroatoms. The summed E-state index contributed by atoms with van der Waals surface area (Å²) in [5, 5.41) is 4.69. The van der Waals surface area contributed by atoms with Crippen molar-refractivity contribution in [3.63, 3.8) is 0 Å². The van der Waals surface area contributed by atoms with Gasteiger partial charge in [0.05, 0.1) is 24.9 Å². The van der Waals surface area contributed by atoms with Crippen molar-refractivity contribution in [1.82, 2.24) is 14.8 Å². The first-order chi connectivity index (χ1) is 16.9. The van der Waals surface area contributed by atoms with E-state index in [-0.39, 0.29) is 5.56 Å². The van der Waals surface area contributed by atoms with Crippen molar-refractivity contribution >= 4 is 39.9 Å². The SMILES string of the molecule is CCN1CCC[C@H]1CN(Cc1cc2ccc(C)cc2[nH]c1=O)C(=S)Nc1ccccc1C(=O)OC. The molecular weight excluding hydrogens is 460 g/mol. The molecule has 0 radical (unpaired) electrons. The maximum Gasteiger partial charge on any atom is 0.339 e. The molecule has 4 rings (SSSR count). The number of thiocarbonyl (C=S) groups is 1. The number of likely N-dealkylation sites (tertiary alicyclic amines) is 1. The Kier molecular flexibility index (Phi) is 7.83. The van der Waals surface area contributed by atoms with E-state index in [1.807, 2.05) is 42.2 Å². The number of aryl methyl sites for hydroxylation is 1. The smallest absolute Gasteiger partial charge is 0.339 e. The number of pyridine rings is 1. The van der Waals surface area contributed by atoms with Gasteiger partial charge in [0.2, 0.25) is 0 Å². The number of carbonyl (C=O) groups is 1. The van der Waals surface area contributed by atoms with Crippen molar-refractivity contribution in [1.29, 1.82) is 0 Å². The zero-order chi connectivity index (χ0) is 24.9. The Morgan fingerprint density at radius 2 is 2.06 bits per heavy atom. The van der Waals surface area contributed by atoms with Crippen LogP contribution in [0, 0.1) is 6.92 Å². The summed E-state index contributed by atoms with van der Waals surface area (Å²) in [7, 11) is 1.36. The number of hydrogen-bond donors (Lipinski definition) is 2. The molecule has 1 aliphatic heterocycles. The lowest BCUT2D eigenvalue weighted by Gasteiger charge is -2.32. The number of methoxy groups -OCH3 is 1. The molecule has 184 valence electrons. The number of aromatic amines is 1. The Bertz CT molecular complexity index is 1290. The lowest BCUT2D eigenvalue weighted by atomic mass is 10.1. The number of esters is 1. The fourth-order valence-corrected chi connectivity index (χ4v) is 5.00. The second-order valence-corrected chi connectivity index (χ2v) is 9.37. The molecule has 1 aromatic heterocycles. The Balaban J connectivity index is 1.64. The maximum atomic E-state index is 13.0. The van der Waals surface area contributed by atoms with E-state index >= 15 is 0 Å². The Morgan fingerprint density at radius 3 is 2.83 bits per heavy atom. The topological polar surface area (TPSA) is 77.7 Å². The zero-order valence-corrected chi connectivity index (χ0v) is 21.3. The number of anilines is 1. The molecule has 0 spiro atoms. The number of ether oxygens (including phenoxy) is 1. The van der Waals surface area contributed by atoms with Crippen molar-refractivity contribution in [2.45, 2.75) is 39.3 Å². The van der Waals surface area contributed by atoms with Crippen LogP contribution in [0.2, 0.25) is 0 Å². The lowest BCUT2D eigenvalue weighted by Crippen LogP contribution is -2.45. The highest BCUT2D eigenvalue weighted by molar-refractivity contribution is 7.80. The largest absolute Gasteiger partial charge is 0.465 e. The molecule has 0 amide bonds. The number of carbonyl (C=O) groups excluding carboxylic acids is 1. The van der Waals surface area contributed by atoms with Crippen LogP contribution in [0.15, 0.2) is 53.3 Å². The number of nitrogens with zero attached hydrogens (tertiary/aromatic N) is 2. The first-order valence-corrected chi connectivity index (χ1v) is 12.4. The number of aromatic nitrogens is 1. The molecule has 35 heavy (non-hydrogen) atoms. The molecule has 2 N–H and O–H groups in total. The normalized spacial score (nSPS) is 15.8. The quantitative estimate of drug-likeness (QED) is 0.376. The summed E-state index contributed by atoms with van der Waals surface area (Å²) < 4.78 is 4.93. The molecule has 2 heterocycles. The predicted molar refractivity (Wildman–Crippen MR) is 144 cm³/mol. The molecule has 1 saturated heterocycles. The molecule has 1 atom stereocenters. The zero-order valence-electron chi connectivity index (χ0n) is 20.5. The van der Waals surface area contributed by atoms with E-state index < -0.39 is 5.97 Å². The van der Waals surface area contributed by atoms with Crippen LogP contribution in [0.25, 0.3) is 10.9 Å². The molecule has 0 saturated carbocycles. The highest BCUT2D eigenvalue weighted by atomic mass is 32.1. The molecule has 0 bridgehead atoms. The van der Waals surface area contributed by atoms with Gasteiger partial charge in [-0.05, 0) is 80.3 Å². The van der Waals surface area contributed by atoms with E-state index in [2.05, 4.69) is 22.1 Å². The van der Waals surface area contributed by atoms with Crippen LogP contribution in [-0.4, -0.2) is 58.7 Å². The number of nitrogens with one attached hydrogen (secondary N) is 2. The monoisotopic (exact) mass is 492 g/mol. The number of H-pyrrole nitrogens is 1. The third-order valence-electron chi connectivity index (χ3n) is 6.64. The minimum Gasteiger partial charge on any atom is -0.465 e. The van der Waals surface area contributed by atoms with Gasteiger partial charge in [0.25, 0.3) is 5.56 Å². The average Bonchev–Trinajstić information content (AvgIpc) is 3.31. The van der Waals surface area contributed by atoms with Crippen molar-refractivity contribution < 1.29 is 9.53 Å². The fraction of sp³-hybridized carbons (Fsp3) is 0.370. The van der Waals surface area contributed by atoms with Crippen LogP contribution in [0.5, 0.6) is 0 Å². The van der Waals surface area contributed by atoms with Crippen molar-refractivity contribution in [2.24, 2.45) is 0 Å². The van der Waals surface area contributed by atoms with Gasteiger partial charge in [-0.25, -0.2) is 4.79 Å². The number of likely N-dealkylation sites (N-methyl/N-ethyl adjacent to an activating group) is 1. The molecule has 7 nitrogen and oxygen atoms in total. The van der Waals surface area contributed by atoms with Crippen molar-refractivity contribution in [3.8, 4) is 0 Å². The molecule has 0 unspecified atom stereocenters. The summed E-state index contributed by atoms with van der Waals surface area (Å²) in [5.74, 6) is -0.434. The van der Waals surface area contributed by atoms with Gasteiger partial charge < -0.3 is 19.9 Å². The summed E-state index contributed by atoms with van der Waals surface area (Å²) in [4.78, 5) is 32.7. The second-order valence-electron chi connectivity index (χ2n) is 8.99. The van der Waals surface area contributed by atoms with Gasteiger partial charge in [0, 0.05) is 23.7 Å². The standard InChI is InChI=1S/C27H32N4O3S/c1-4-30-13-7-8-21(30)17-31(27(35)29-23-10-6-5-9-22(23)26(33)34-3)16-20-15-19-12-11-18(2)14-24(19)28-25(20)32/h5-6,9-12,14-15,21H,4,7-8,13,16-17H2,1-3H3,(H,28,32)(H,29,35)/t21-/m0/s1. The van der Waals surface area contributed by atoms with Gasteiger partial charge in [-0.2, -0.15) is 0 Å². The summed E-state index contributed by atoms with van der Waals surface area (Å²) in [6.07, 6.45) is 2.23. The number of hydrogen-bond acceptors (Lipinski definition) is 5. The van der Waals surface area contributed by atoms with Crippen LogP contribution in [-0.2, 0) is 11.3 Å². The van der Waals surface area contributed by atoms with E-state index in [0.29, 0.717) is 41.1 Å². The fourth-order valence-electron chi connectivity index (χ4n) is 4.75. The van der Waals surface area contributed by atoms with Crippen molar-refractivity contribution in [2.75, 3.05) is 32.1 Å². The van der Waals surface area contributed by atoms with E-state index in [1.54, 1.807) is 18.2 Å². The minimum absolute atomic E-state index is 0.121. The van der Waals surface area contributed by atoms with Crippen molar-refractivity contribution in [3.05, 3.63) is 75.6 Å². The van der Waals surface area contributed by atoms with E-state index in [4.69, 9.17) is 17.0 Å². The number of benzene rings is 2. The highest BCUT2D eigenvalue weighted by Gasteiger charge is 2.27. The van der Waals surface area contributed by atoms with Gasteiger partial charge in [-0.1, -0.05) is 31.2 Å². The number of para-hydroxylation sites is 1. The lowest BCUT2D eigenvalue weighted by molar-refractivity contribution is 0.0602. The van der Waals surface area contributed by atoms with Gasteiger partial charge in [0.1, 0.15) is 0 Å². The molecule has 2 aromatic carbocycles. The Hall–Kier alpha value is -3.23. The van der Waals surface area contributed by atoms with Gasteiger partial charge in [0.15, 0.2) is 5.11 Å².